The zero-order valence-electron chi connectivity index (χ0n) is 26.9. The lowest BCUT2D eigenvalue weighted by molar-refractivity contribution is -0.331. The normalized spacial score (nSPS) is 30.0. The van der Waals surface area contributed by atoms with Crippen molar-refractivity contribution in [3.8, 4) is 0 Å². The Morgan fingerprint density at radius 2 is 0.702 bits per heavy atom. The van der Waals surface area contributed by atoms with Gasteiger partial charge < -0.3 is 52.1 Å². The Labute approximate surface area is 268 Å². The van der Waals surface area contributed by atoms with Crippen LogP contribution in [-0.4, -0.2) is 122 Å². The maximum Gasteiger partial charge on any atom is 0.305 e. The van der Waals surface area contributed by atoms with Crippen molar-refractivity contribution in [3.05, 3.63) is 0 Å². The molecule has 19 nitrogen and oxygen atoms in total. The molecule has 0 saturated carbocycles. The molecular weight excluding hydrogens is 640 g/mol. The van der Waals surface area contributed by atoms with Crippen LogP contribution in [0, 0.1) is 0 Å². The third kappa shape index (κ3) is 12.1. The first-order chi connectivity index (χ1) is 21.9. The van der Waals surface area contributed by atoms with E-state index < -0.39 is 122 Å². The summed E-state index contributed by atoms with van der Waals surface area (Å²) in [6.07, 6.45) is -15.6. The fraction of sp³-hybridized carbons (Fsp3) is 0.714. The first-order valence-corrected chi connectivity index (χ1v) is 14.2. The largest absolute Gasteiger partial charge is 0.463 e. The number of hydrogen-bond donors (Lipinski definition) is 0. The average Bonchev–Trinajstić information content (AvgIpc) is 2.91. The molecule has 0 unspecified atom stereocenters. The summed E-state index contributed by atoms with van der Waals surface area (Å²) in [6, 6.07) is 0. The molecule has 47 heavy (non-hydrogen) atoms. The van der Waals surface area contributed by atoms with E-state index in [4.69, 9.17) is 52.1 Å². The molecule has 2 saturated heterocycles. The van der Waals surface area contributed by atoms with E-state index in [1.54, 1.807) is 0 Å². The van der Waals surface area contributed by atoms with Crippen LogP contribution in [0.15, 0.2) is 0 Å². The van der Waals surface area contributed by atoms with Crippen LogP contribution in [0.2, 0.25) is 0 Å². The van der Waals surface area contributed by atoms with Gasteiger partial charge in [-0.1, -0.05) is 0 Å². The predicted molar refractivity (Wildman–Crippen MR) is 145 cm³/mol. The van der Waals surface area contributed by atoms with Crippen LogP contribution in [0.25, 0.3) is 0 Å². The summed E-state index contributed by atoms with van der Waals surface area (Å²) in [7, 11) is 0. The zero-order valence-corrected chi connectivity index (χ0v) is 26.9. The fourth-order valence-corrected chi connectivity index (χ4v) is 4.76. The van der Waals surface area contributed by atoms with Crippen molar-refractivity contribution in [1.82, 2.24) is 0 Å². The van der Waals surface area contributed by atoms with Crippen LogP contribution in [0.4, 0.5) is 0 Å². The molecular formula is C28H38O19. The minimum atomic E-state index is -1.71. The van der Waals surface area contributed by atoms with E-state index in [1.807, 2.05) is 0 Å². The number of rotatable bonds is 12. The second kappa shape index (κ2) is 17.5. The summed E-state index contributed by atoms with van der Waals surface area (Å²) in [4.78, 5) is 95.9. The number of ether oxygens (including phenoxy) is 11. The van der Waals surface area contributed by atoms with E-state index >= 15 is 0 Å². The molecule has 2 fully saturated rings. The van der Waals surface area contributed by atoms with Crippen molar-refractivity contribution < 1.29 is 90.5 Å². The number of esters is 8. The summed E-state index contributed by atoms with van der Waals surface area (Å²) in [5, 5.41) is 0. The van der Waals surface area contributed by atoms with Gasteiger partial charge in [-0.2, -0.15) is 0 Å². The van der Waals surface area contributed by atoms with E-state index in [9.17, 15) is 38.4 Å². The topological polar surface area (TPSA) is 238 Å². The molecule has 264 valence electrons. The van der Waals surface area contributed by atoms with Gasteiger partial charge in [-0.25, -0.2) is 0 Å². The summed E-state index contributed by atoms with van der Waals surface area (Å²) in [5.74, 6) is -6.93. The second-order valence-corrected chi connectivity index (χ2v) is 10.3. The third-order valence-corrected chi connectivity index (χ3v) is 6.15. The quantitative estimate of drug-likeness (QED) is 0.181. The monoisotopic (exact) mass is 678 g/mol. The van der Waals surface area contributed by atoms with Crippen LogP contribution in [0.1, 0.15) is 55.4 Å². The van der Waals surface area contributed by atoms with Gasteiger partial charge >= 0.3 is 47.8 Å². The van der Waals surface area contributed by atoms with Gasteiger partial charge in [0.2, 0.25) is 12.4 Å². The van der Waals surface area contributed by atoms with Gasteiger partial charge in [-0.05, 0) is 0 Å². The SMILES string of the molecule is CC(=O)OC[C@H]1O[C@@H](OC[C@@H]2O[C@@H](OC(C)=O)[C@H](OC(C)=O)[C@H](OC(C)=O)[C@@H]2OC(C)=O)[C@H](OC(C)=O)[C@H](OC(C)=O)[C@@H]1OC(C)=O. The van der Waals surface area contributed by atoms with Crippen LogP contribution < -0.4 is 0 Å². The molecule has 10 atom stereocenters. The standard InChI is InChI=1S/C28H38O19/c1-11(29)37-9-19-21(39-12(2)30)23(41-14(4)32)25(43-16(6)34)27(46-19)38-10-20-22(40-13(3)31)24(42-15(5)33)26(44-17(7)35)28(47-20)45-18(8)36/h19-28H,9-10H2,1-8H3/t19-,20+,21-,22-,23-,24-,25-,26-,27-,28-/m1/s1. The summed E-state index contributed by atoms with van der Waals surface area (Å²) in [6.45, 7) is 7.09. The Balaban J connectivity index is 2.56. The highest BCUT2D eigenvalue weighted by Crippen LogP contribution is 2.33. The molecule has 0 radical (unpaired) electrons. The van der Waals surface area contributed by atoms with Crippen LogP contribution >= 0.6 is 0 Å². The zero-order chi connectivity index (χ0) is 35.6. The van der Waals surface area contributed by atoms with Crippen LogP contribution in [0.3, 0.4) is 0 Å². The predicted octanol–water partition coefficient (Wildman–Crippen LogP) is -0.831. The molecule has 2 rings (SSSR count). The van der Waals surface area contributed by atoms with Gasteiger partial charge in [0.05, 0.1) is 6.61 Å². The van der Waals surface area contributed by atoms with E-state index in [0.717, 1.165) is 55.4 Å². The number of carbonyl (C=O) groups excluding carboxylic acids is 8. The van der Waals surface area contributed by atoms with Crippen molar-refractivity contribution >= 4 is 47.8 Å². The number of carbonyl (C=O) groups is 8. The third-order valence-electron chi connectivity index (χ3n) is 6.15. The summed E-state index contributed by atoms with van der Waals surface area (Å²) < 4.78 is 59.8. The Hall–Kier alpha value is -4.36. The van der Waals surface area contributed by atoms with Crippen LogP contribution in [0.5, 0.6) is 0 Å². The summed E-state index contributed by atoms with van der Waals surface area (Å²) >= 11 is 0. The van der Waals surface area contributed by atoms with E-state index in [2.05, 4.69) is 0 Å². The van der Waals surface area contributed by atoms with Crippen molar-refractivity contribution in [3.63, 3.8) is 0 Å². The molecule has 0 N–H and O–H groups in total. The van der Waals surface area contributed by atoms with E-state index in [-0.39, 0.29) is 0 Å². The van der Waals surface area contributed by atoms with Crippen molar-refractivity contribution in [2.75, 3.05) is 13.2 Å². The maximum absolute atomic E-state index is 12.1. The molecule has 2 heterocycles. The molecule has 2 aliphatic heterocycles. The van der Waals surface area contributed by atoms with E-state index in [1.165, 1.54) is 0 Å². The first kappa shape index (κ1) is 38.8. The average molecular weight is 679 g/mol. The van der Waals surface area contributed by atoms with Gasteiger partial charge in [-0.3, -0.25) is 38.4 Å². The molecule has 0 spiro atoms. The highest BCUT2D eigenvalue weighted by molar-refractivity contribution is 5.70. The van der Waals surface area contributed by atoms with Gasteiger partial charge in [0.1, 0.15) is 18.8 Å². The lowest BCUT2D eigenvalue weighted by Gasteiger charge is -2.46. The molecule has 0 bridgehead atoms. The van der Waals surface area contributed by atoms with Crippen molar-refractivity contribution in [2.24, 2.45) is 0 Å². The minimum absolute atomic E-state index is 0.541. The molecule has 0 aliphatic carbocycles. The Morgan fingerprint density at radius 1 is 0.383 bits per heavy atom. The second-order valence-electron chi connectivity index (χ2n) is 10.3. The minimum Gasteiger partial charge on any atom is -0.463 e. The lowest BCUT2D eigenvalue weighted by Crippen LogP contribution is -2.65. The Kier molecular flexibility index (Phi) is 14.5. The van der Waals surface area contributed by atoms with Crippen LogP contribution in [-0.2, 0) is 90.5 Å². The van der Waals surface area contributed by atoms with Crippen molar-refractivity contribution in [1.29, 1.82) is 0 Å². The Morgan fingerprint density at radius 3 is 1.09 bits per heavy atom. The lowest BCUT2D eigenvalue weighted by atomic mass is 9.97. The number of hydrogen-bond acceptors (Lipinski definition) is 19. The highest BCUT2D eigenvalue weighted by atomic mass is 16.8. The molecule has 0 amide bonds. The van der Waals surface area contributed by atoms with Gasteiger partial charge in [-0.15, -0.1) is 0 Å². The Bertz CT molecular complexity index is 1200. The van der Waals surface area contributed by atoms with E-state index in [0.29, 0.717) is 0 Å². The molecule has 0 aromatic carbocycles. The summed E-state index contributed by atoms with van der Waals surface area (Å²) in [5.41, 5.74) is 0. The first-order valence-electron chi connectivity index (χ1n) is 14.2. The molecule has 2 aliphatic rings. The van der Waals surface area contributed by atoms with Gasteiger partial charge in [0.25, 0.3) is 0 Å². The van der Waals surface area contributed by atoms with Crippen molar-refractivity contribution in [2.45, 2.75) is 117 Å². The molecule has 0 aromatic rings. The molecule has 0 aromatic heterocycles. The smallest absolute Gasteiger partial charge is 0.305 e. The highest BCUT2D eigenvalue weighted by Gasteiger charge is 2.56. The fourth-order valence-electron chi connectivity index (χ4n) is 4.76. The molecule has 19 heteroatoms. The van der Waals surface area contributed by atoms with Gasteiger partial charge in [0, 0.05) is 55.4 Å². The maximum atomic E-state index is 12.1. The van der Waals surface area contributed by atoms with Gasteiger partial charge in [0.15, 0.2) is 36.8 Å².